The van der Waals surface area contributed by atoms with E-state index in [0.29, 0.717) is 22.5 Å². The van der Waals surface area contributed by atoms with Crippen molar-refractivity contribution in [1.82, 2.24) is 10.3 Å². The molecule has 2 aromatic heterocycles. The van der Waals surface area contributed by atoms with Gasteiger partial charge in [0.05, 0.1) is 16.8 Å². The number of anilines is 1. The van der Waals surface area contributed by atoms with Crippen LogP contribution in [-0.2, 0) is 4.79 Å². The summed E-state index contributed by atoms with van der Waals surface area (Å²) in [4.78, 5) is 16.2. The molecule has 0 aliphatic carbocycles. The standard InChI is InChI=1S/C21H12ClF2N3O3S/c22-14-10-16(24)15(23)9-13(14)20-26-17-8-11(3-5-18(17)30-20)25-21(31)27-19(28)6-4-12-2-1-7-29-12/h1-10H,(H2,25,27,28,31)/b6-4+. The normalized spacial score (nSPS) is 11.2. The van der Waals surface area contributed by atoms with E-state index in [9.17, 15) is 13.6 Å². The molecule has 4 rings (SSSR count). The molecule has 0 saturated heterocycles. The molecule has 2 N–H and O–H groups in total. The molecule has 0 saturated carbocycles. The maximum Gasteiger partial charge on any atom is 0.250 e. The van der Waals surface area contributed by atoms with Crippen molar-refractivity contribution < 1.29 is 22.4 Å². The summed E-state index contributed by atoms with van der Waals surface area (Å²) < 4.78 is 37.6. The van der Waals surface area contributed by atoms with E-state index >= 15 is 0 Å². The highest BCUT2D eigenvalue weighted by atomic mass is 35.5. The Morgan fingerprint density at radius 2 is 1.97 bits per heavy atom. The van der Waals surface area contributed by atoms with Gasteiger partial charge in [-0.05, 0) is 60.8 Å². The lowest BCUT2D eigenvalue weighted by Gasteiger charge is -2.07. The van der Waals surface area contributed by atoms with Crippen molar-refractivity contribution in [3.05, 3.63) is 77.2 Å². The molecule has 0 spiro atoms. The second kappa shape index (κ2) is 8.66. The minimum atomic E-state index is -1.06. The minimum Gasteiger partial charge on any atom is -0.465 e. The van der Waals surface area contributed by atoms with E-state index in [1.807, 2.05) is 0 Å². The maximum absolute atomic E-state index is 13.6. The number of aromatic nitrogens is 1. The van der Waals surface area contributed by atoms with Gasteiger partial charge < -0.3 is 14.2 Å². The van der Waals surface area contributed by atoms with Crippen LogP contribution in [0.3, 0.4) is 0 Å². The molecule has 0 radical (unpaired) electrons. The molecule has 4 aromatic rings. The van der Waals surface area contributed by atoms with Gasteiger partial charge in [0.25, 0.3) is 0 Å². The molecule has 10 heteroatoms. The van der Waals surface area contributed by atoms with Crippen LogP contribution in [0.25, 0.3) is 28.6 Å². The highest BCUT2D eigenvalue weighted by Crippen LogP contribution is 2.32. The van der Waals surface area contributed by atoms with Crippen LogP contribution in [-0.4, -0.2) is 16.0 Å². The Morgan fingerprint density at radius 1 is 1.16 bits per heavy atom. The Kier molecular flexibility index (Phi) is 5.79. The molecular weight excluding hydrogens is 448 g/mol. The van der Waals surface area contributed by atoms with Gasteiger partial charge in [-0.15, -0.1) is 0 Å². The molecule has 0 unspecified atom stereocenters. The van der Waals surface area contributed by atoms with Crippen LogP contribution in [0.4, 0.5) is 14.5 Å². The summed E-state index contributed by atoms with van der Waals surface area (Å²) in [6, 6.07) is 10.1. The van der Waals surface area contributed by atoms with Gasteiger partial charge in [0.15, 0.2) is 22.3 Å². The molecule has 156 valence electrons. The van der Waals surface area contributed by atoms with E-state index in [-0.39, 0.29) is 21.6 Å². The van der Waals surface area contributed by atoms with Crippen molar-refractivity contribution >= 4 is 57.7 Å². The van der Waals surface area contributed by atoms with Crippen LogP contribution >= 0.6 is 23.8 Å². The maximum atomic E-state index is 13.6. The van der Waals surface area contributed by atoms with Gasteiger partial charge in [-0.25, -0.2) is 13.8 Å². The van der Waals surface area contributed by atoms with Gasteiger partial charge in [0.1, 0.15) is 11.3 Å². The predicted octanol–water partition coefficient (Wildman–Crippen LogP) is 5.55. The summed E-state index contributed by atoms with van der Waals surface area (Å²) in [5.74, 6) is -2.00. The number of carbonyl (C=O) groups is 1. The van der Waals surface area contributed by atoms with E-state index in [4.69, 9.17) is 32.7 Å². The molecule has 2 aromatic carbocycles. The second-order valence-corrected chi connectivity index (χ2v) is 7.06. The number of thiocarbonyl (C=S) groups is 1. The van der Waals surface area contributed by atoms with Gasteiger partial charge in [-0.2, -0.15) is 0 Å². The third-order valence-electron chi connectivity index (χ3n) is 4.06. The van der Waals surface area contributed by atoms with E-state index in [2.05, 4.69) is 15.6 Å². The van der Waals surface area contributed by atoms with Crippen LogP contribution in [0.5, 0.6) is 0 Å². The molecule has 0 atom stereocenters. The van der Waals surface area contributed by atoms with Crippen LogP contribution in [0, 0.1) is 11.6 Å². The van der Waals surface area contributed by atoms with Gasteiger partial charge in [-0.1, -0.05) is 11.6 Å². The number of amides is 1. The van der Waals surface area contributed by atoms with Crippen LogP contribution < -0.4 is 10.6 Å². The fraction of sp³-hybridized carbons (Fsp3) is 0. The first kappa shape index (κ1) is 20.7. The number of oxazole rings is 1. The van der Waals surface area contributed by atoms with Crippen molar-refractivity contribution in [2.45, 2.75) is 0 Å². The number of hydrogen-bond acceptors (Lipinski definition) is 5. The Hall–Kier alpha value is -3.56. The first-order valence-electron chi connectivity index (χ1n) is 8.78. The van der Waals surface area contributed by atoms with E-state index in [1.165, 1.54) is 18.4 Å². The average molecular weight is 460 g/mol. The number of carbonyl (C=O) groups excluding carboxylic acids is 1. The number of halogens is 3. The lowest BCUT2D eigenvalue weighted by atomic mass is 10.2. The number of nitrogens with one attached hydrogen (secondary N) is 2. The monoisotopic (exact) mass is 459 g/mol. The lowest BCUT2D eigenvalue weighted by molar-refractivity contribution is -0.115. The van der Waals surface area contributed by atoms with Crippen LogP contribution in [0.15, 0.2) is 63.6 Å². The van der Waals surface area contributed by atoms with Crippen LogP contribution in [0.1, 0.15) is 5.76 Å². The number of hydrogen-bond donors (Lipinski definition) is 2. The summed E-state index contributed by atoms with van der Waals surface area (Å²) in [6.45, 7) is 0. The summed E-state index contributed by atoms with van der Waals surface area (Å²) in [5, 5.41) is 5.40. The Balaban J connectivity index is 1.47. The molecule has 0 bridgehead atoms. The third kappa shape index (κ3) is 4.79. The number of furan rings is 1. The lowest BCUT2D eigenvalue weighted by Crippen LogP contribution is -2.32. The Bertz CT molecular complexity index is 1320. The zero-order valence-corrected chi connectivity index (χ0v) is 17.1. The summed E-state index contributed by atoms with van der Waals surface area (Å²) in [6.07, 6.45) is 4.28. The highest BCUT2D eigenvalue weighted by molar-refractivity contribution is 7.80. The molecule has 1 amide bonds. The largest absolute Gasteiger partial charge is 0.465 e. The summed E-state index contributed by atoms with van der Waals surface area (Å²) in [7, 11) is 0. The summed E-state index contributed by atoms with van der Waals surface area (Å²) in [5.41, 5.74) is 1.48. The zero-order chi connectivity index (χ0) is 22.0. The van der Waals surface area contributed by atoms with Crippen molar-refractivity contribution in [3.8, 4) is 11.5 Å². The Morgan fingerprint density at radius 3 is 2.74 bits per heavy atom. The van der Waals surface area contributed by atoms with E-state index < -0.39 is 17.5 Å². The van der Waals surface area contributed by atoms with Gasteiger partial charge in [-0.3, -0.25) is 10.1 Å². The number of fused-ring (bicyclic) bond motifs is 1. The SMILES string of the molecule is O=C(/C=C/c1ccco1)NC(=S)Nc1ccc2oc(-c3cc(F)c(F)cc3Cl)nc2c1. The highest BCUT2D eigenvalue weighted by Gasteiger charge is 2.16. The first-order chi connectivity index (χ1) is 14.9. The predicted molar refractivity (Wildman–Crippen MR) is 116 cm³/mol. The summed E-state index contributed by atoms with van der Waals surface area (Å²) >= 11 is 11.1. The second-order valence-electron chi connectivity index (χ2n) is 6.24. The topological polar surface area (TPSA) is 80.3 Å². The molecule has 6 nitrogen and oxygen atoms in total. The number of rotatable bonds is 4. The Labute approximate surface area is 184 Å². The first-order valence-corrected chi connectivity index (χ1v) is 9.57. The molecular formula is C21H12ClF2N3O3S. The van der Waals surface area contributed by atoms with Gasteiger partial charge >= 0.3 is 0 Å². The van der Waals surface area contributed by atoms with Crippen LogP contribution in [0.2, 0.25) is 5.02 Å². The molecule has 0 aliphatic heterocycles. The van der Waals surface area contributed by atoms with E-state index in [1.54, 1.807) is 30.3 Å². The fourth-order valence-corrected chi connectivity index (χ4v) is 3.12. The van der Waals surface area contributed by atoms with Crippen molar-refractivity contribution in [2.24, 2.45) is 0 Å². The van der Waals surface area contributed by atoms with Gasteiger partial charge in [0.2, 0.25) is 11.8 Å². The number of nitrogens with zero attached hydrogens (tertiary/aromatic N) is 1. The molecule has 31 heavy (non-hydrogen) atoms. The zero-order valence-electron chi connectivity index (χ0n) is 15.5. The number of benzene rings is 2. The molecule has 0 aliphatic rings. The van der Waals surface area contributed by atoms with Crippen molar-refractivity contribution in [3.63, 3.8) is 0 Å². The average Bonchev–Trinajstić information content (AvgIpc) is 3.38. The minimum absolute atomic E-state index is 0.0321. The fourth-order valence-electron chi connectivity index (χ4n) is 2.67. The molecule has 2 heterocycles. The quantitative estimate of drug-likeness (QED) is 0.237. The third-order valence-corrected chi connectivity index (χ3v) is 4.58. The molecule has 0 fully saturated rings. The van der Waals surface area contributed by atoms with Gasteiger partial charge in [0, 0.05) is 11.8 Å². The van der Waals surface area contributed by atoms with Crippen molar-refractivity contribution in [2.75, 3.05) is 5.32 Å². The van der Waals surface area contributed by atoms with Crippen molar-refractivity contribution in [1.29, 1.82) is 0 Å². The van der Waals surface area contributed by atoms with E-state index in [0.717, 1.165) is 12.1 Å². The smallest absolute Gasteiger partial charge is 0.250 e.